The highest BCUT2D eigenvalue weighted by molar-refractivity contribution is 6.30. The molecule has 0 bridgehead atoms. The van der Waals surface area contributed by atoms with E-state index in [1.54, 1.807) is 4.80 Å². The minimum absolute atomic E-state index is 0.626. The summed E-state index contributed by atoms with van der Waals surface area (Å²) in [5, 5.41) is 13.7. The molecule has 146 valence electrons. The Morgan fingerprint density at radius 1 is 1.04 bits per heavy atom. The predicted octanol–water partition coefficient (Wildman–Crippen LogP) is 3.17. The molecule has 7 nitrogen and oxygen atoms in total. The van der Waals surface area contributed by atoms with Crippen molar-refractivity contribution < 1.29 is 4.74 Å². The topological polar surface area (TPSA) is 59.3 Å². The molecule has 0 amide bonds. The van der Waals surface area contributed by atoms with Crippen LogP contribution in [-0.2, 0) is 6.67 Å². The molecule has 2 heterocycles. The quantitative estimate of drug-likeness (QED) is 0.635. The molecular weight excluding hydrogens is 376 g/mol. The van der Waals surface area contributed by atoms with Gasteiger partial charge in [0.25, 0.3) is 0 Å². The Hall–Kier alpha value is -2.64. The van der Waals surface area contributed by atoms with Crippen LogP contribution in [-0.4, -0.2) is 57.9 Å². The third-order valence-corrected chi connectivity index (χ3v) is 4.98. The maximum atomic E-state index is 6.11. The normalized spacial score (nSPS) is 15.0. The van der Waals surface area contributed by atoms with Crippen LogP contribution in [0.4, 0.5) is 5.69 Å². The number of hydrogen-bond acceptors (Lipinski definition) is 6. The summed E-state index contributed by atoms with van der Waals surface area (Å²) in [6.45, 7) is 7.02. The van der Waals surface area contributed by atoms with Crippen molar-refractivity contribution in [3.8, 4) is 17.1 Å². The van der Waals surface area contributed by atoms with E-state index in [1.807, 2.05) is 49.4 Å². The number of ether oxygens (including phenoxy) is 1. The van der Waals surface area contributed by atoms with Crippen LogP contribution in [0.2, 0.25) is 5.02 Å². The molecule has 8 heteroatoms. The van der Waals surface area contributed by atoms with E-state index in [0.29, 0.717) is 19.1 Å². The van der Waals surface area contributed by atoms with Crippen molar-refractivity contribution in [3.05, 3.63) is 53.6 Å². The highest BCUT2D eigenvalue weighted by atomic mass is 35.5. The third-order valence-electron chi connectivity index (χ3n) is 4.75. The van der Waals surface area contributed by atoms with Gasteiger partial charge in [0.05, 0.1) is 6.61 Å². The van der Waals surface area contributed by atoms with E-state index in [2.05, 4.69) is 31.3 Å². The van der Waals surface area contributed by atoms with Crippen molar-refractivity contribution in [3.63, 3.8) is 0 Å². The highest BCUT2D eigenvalue weighted by Gasteiger charge is 2.18. The summed E-state index contributed by atoms with van der Waals surface area (Å²) < 4.78 is 5.47. The maximum Gasteiger partial charge on any atom is 0.204 e. The molecule has 4 rings (SSSR count). The number of piperazine rings is 1. The molecule has 28 heavy (non-hydrogen) atoms. The van der Waals surface area contributed by atoms with E-state index in [9.17, 15) is 0 Å². The lowest BCUT2D eigenvalue weighted by Gasteiger charge is -2.35. The molecule has 0 unspecified atom stereocenters. The van der Waals surface area contributed by atoms with E-state index in [4.69, 9.17) is 16.3 Å². The lowest BCUT2D eigenvalue weighted by Crippen LogP contribution is -2.47. The predicted molar refractivity (Wildman–Crippen MR) is 110 cm³/mol. The van der Waals surface area contributed by atoms with Crippen LogP contribution in [0.15, 0.2) is 48.5 Å². The smallest absolute Gasteiger partial charge is 0.204 e. The van der Waals surface area contributed by atoms with Crippen LogP contribution in [0.25, 0.3) is 11.4 Å². The van der Waals surface area contributed by atoms with Crippen molar-refractivity contribution in [1.29, 1.82) is 0 Å². The Bertz CT molecular complexity index is 905. The van der Waals surface area contributed by atoms with Crippen LogP contribution in [0.1, 0.15) is 6.92 Å². The molecule has 0 N–H and O–H groups in total. The first-order valence-corrected chi connectivity index (χ1v) is 9.83. The average Bonchev–Trinajstić information content (AvgIpc) is 3.18. The number of anilines is 1. The van der Waals surface area contributed by atoms with Crippen molar-refractivity contribution in [2.45, 2.75) is 13.6 Å². The van der Waals surface area contributed by atoms with Crippen molar-refractivity contribution >= 4 is 17.3 Å². The Labute approximate surface area is 169 Å². The number of aromatic nitrogens is 4. The van der Waals surface area contributed by atoms with Gasteiger partial charge < -0.3 is 9.64 Å². The van der Waals surface area contributed by atoms with Gasteiger partial charge in [0.1, 0.15) is 12.4 Å². The van der Waals surface area contributed by atoms with Crippen LogP contribution in [0, 0.1) is 0 Å². The number of halogens is 1. The molecule has 1 aliphatic heterocycles. The minimum atomic E-state index is 0.626. The fraction of sp³-hybridized carbons (Fsp3) is 0.350. The fourth-order valence-electron chi connectivity index (χ4n) is 3.28. The summed E-state index contributed by atoms with van der Waals surface area (Å²) in [5.74, 6) is 1.47. The summed E-state index contributed by atoms with van der Waals surface area (Å²) in [6.07, 6.45) is 0. The van der Waals surface area contributed by atoms with Gasteiger partial charge in [0.15, 0.2) is 0 Å². The van der Waals surface area contributed by atoms with Crippen LogP contribution in [0.5, 0.6) is 5.75 Å². The molecule has 0 radical (unpaired) electrons. The van der Waals surface area contributed by atoms with Gasteiger partial charge in [-0.1, -0.05) is 17.7 Å². The Morgan fingerprint density at radius 3 is 2.54 bits per heavy atom. The number of tetrazole rings is 1. The zero-order chi connectivity index (χ0) is 19.3. The highest BCUT2D eigenvalue weighted by Crippen LogP contribution is 2.21. The van der Waals surface area contributed by atoms with Gasteiger partial charge in [0.2, 0.25) is 5.82 Å². The largest absolute Gasteiger partial charge is 0.494 e. The number of rotatable bonds is 6. The number of nitrogens with zero attached hydrogens (tertiary/aromatic N) is 6. The SMILES string of the molecule is CCOc1ccc(-c2nnn(CN3CCN(c4cccc(Cl)c4)CC3)n2)cc1. The van der Waals surface area contributed by atoms with Crippen molar-refractivity contribution in [2.24, 2.45) is 0 Å². The molecule has 3 aromatic rings. The lowest BCUT2D eigenvalue weighted by molar-refractivity contribution is 0.182. The van der Waals surface area contributed by atoms with Gasteiger partial charge in [-0.25, -0.2) is 0 Å². The summed E-state index contributed by atoms with van der Waals surface area (Å²) in [7, 11) is 0. The summed E-state index contributed by atoms with van der Waals surface area (Å²) in [5.41, 5.74) is 2.10. The maximum absolute atomic E-state index is 6.11. The Balaban J connectivity index is 1.33. The van der Waals surface area contributed by atoms with E-state index >= 15 is 0 Å². The van der Waals surface area contributed by atoms with E-state index in [0.717, 1.165) is 42.5 Å². The molecule has 0 saturated carbocycles. The minimum Gasteiger partial charge on any atom is -0.494 e. The van der Waals surface area contributed by atoms with Gasteiger partial charge in [-0.05, 0) is 54.6 Å². The average molecular weight is 399 g/mol. The second kappa shape index (κ2) is 8.58. The van der Waals surface area contributed by atoms with Crippen LogP contribution < -0.4 is 9.64 Å². The molecule has 1 saturated heterocycles. The fourth-order valence-corrected chi connectivity index (χ4v) is 3.47. The van der Waals surface area contributed by atoms with E-state index in [-0.39, 0.29) is 0 Å². The van der Waals surface area contributed by atoms with Gasteiger partial charge in [-0.3, -0.25) is 4.90 Å². The standard InChI is InChI=1S/C20H23ClN6O/c1-2-28-19-8-6-16(7-9-19)20-22-24-27(23-20)15-25-10-12-26(13-11-25)18-5-3-4-17(21)14-18/h3-9,14H,2,10-13,15H2,1H3. The zero-order valence-corrected chi connectivity index (χ0v) is 16.6. The summed E-state index contributed by atoms with van der Waals surface area (Å²) >= 11 is 6.11. The van der Waals surface area contributed by atoms with Gasteiger partial charge in [0, 0.05) is 42.5 Å². The molecule has 1 fully saturated rings. The van der Waals surface area contributed by atoms with E-state index in [1.165, 1.54) is 5.69 Å². The van der Waals surface area contributed by atoms with Gasteiger partial charge >= 0.3 is 0 Å². The van der Waals surface area contributed by atoms with Crippen LogP contribution >= 0.6 is 11.6 Å². The second-order valence-electron chi connectivity index (χ2n) is 6.67. The number of benzene rings is 2. The first kappa shape index (κ1) is 18.7. The molecule has 0 spiro atoms. The summed E-state index contributed by atoms with van der Waals surface area (Å²) in [4.78, 5) is 6.33. The molecule has 0 aliphatic carbocycles. The molecule has 0 atom stereocenters. The molecular formula is C20H23ClN6O. The Morgan fingerprint density at radius 2 is 1.82 bits per heavy atom. The van der Waals surface area contributed by atoms with Gasteiger partial charge in [-0.2, -0.15) is 0 Å². The van der Waals surface area contributed by atoms with Crippen molar-refractivity contribution in [1.82, 2.24) is 25.1 Å². The molecule has 1 aromatic heterocycles. The first-order chi connectivity index (χ1) is 13.7. The van der Waals surface area contributed by atoms with E-state index < -0.39 is 0 Å². The van der Waals surface area contributed by atoms with Crippen LogP contribution in [0.3, 0.4) is 0 Å². The number of hydrogen-bond donors (Lipinski definition) is 0. The lowest BCUT2D eigenvalue weighted by atomic mass is 10.2. The monoisotopic (exact) mass is 398 g/mol. The first-order valence-electron chi connectivity index (χ1n) is 9.45. The summed E-state index contributed by atoms with van der Waals surface area (Å²) in [6, 6.07) is 15.8. The Kier molecular flexibility index (Phi) is 5.73. The molecule has 1 aliphatic rings. The second-order valence-corrected chi connectivity index (χ2v) is 7.11. The van der Waals surface area contributed by atoms with Crippen molar-refractivity contribution in [2.75, 3.05) is 37.7 Å². The van der Waals surface area contributed by atoms with Gasteiger partial charge in [-0.15, -0.1) is 15.0 Å². The third kappa shape index (κ3) is 4.43. The zero-order valence-electron chi connectivity index (χ0n) is 15.8. The molecule has 2 aromatic carbocycles.